The Morgan fingerprint density at radius 2 is 1.15 bits per heavy atom. The van der Waals surface area contributed by atoms with Gasteiger partial charge in [0.2, 0.25) is 0 Å². The van der Waals surface area contributed by atoms with Crippen LogP contribution in [0.2, 0.25) is 0 Å². The summed E-state index contributed by atoms with van der Waals surface area (Å²) in [7, 11) is 0. The molecule has 0 atom stereocenters. The van der Waals surface area contributed by atoms with Gasteiger partial charge in [0.1, 0.15) is 22.3 Å². The van der Waals surface area contributed by atoms with Crippen molar-refractivity contribution in [2.45, 2.75) is 27.7 Å². The van der Waals surface area contributed by atoms with Crippen molar-refractivity contribution >= 4 is 78.2 Å². The Bertz CT molecular complexity index is 1300. The minimum atomic E-state index is -0.114. The van der Waals surface area contributed by atoms with Crippen LogP contribution in [0.15, 0.2) is 12.7 Å². The van der Waals surface area contributed by atoms with Gasteiger partial charge in [0, 0.05) is 43.9 Å². The van der Waals surface area contributed by atoms with Gasteiger partial charge in [-0.3, -0.25) is 9.80 Å². The van der Waals surface area contributed by atoms with Crippen LogP contribution in [-0.4, -0.2) is 45.1 Å². The summed E-state index contributed by atoms with van der Waals surface area (Å²) in [4.78, 5) is 47.8. The fourth-order valence-corrected chi connectivity index (χ4v) is 5.78. The molecule has 6 heterocycles. The third-order valence-corrected chi connectivity index (χ3v) is 7.41. The average Bonchev–Trinajstić information content (AvgIpc) is 3.27. The first kappa shape index (κ1) is 25.9. The van der Waals surface area contributed by atoms with Crippen LogP contribution in [0.3, 0.4) is 0 Å². The third kappa shape index (κ3) is 3.93. The molecule has 2 N–H and O–H groups in total. The van der Waals surface area contributed by atoms with Gasteiger partial charge >= 0.3 is 12.1 Å². The molecule has 4 amide bonds. The van der Waals surface area contributed by atoms with Gasteiger partial charge in [-0.1, -0.05) is 0 Å². The van der Waals surface area contributed by atoms with Crippen LogP contribution in [0, 0.1) is 21.3 Å². The first-order valence-corrected chi connectivity index (χ1v) is 11.7. The van der Waals surface area contributed by atoms with Crippen LogP contribution >= 0.6 is 22.7 Å². The molecule has 34 heavy (non-hydrogen) atoms. The van der Waals surface area contributed by atoms with E-state index in [9.17, 15) is 9.59 Å². The van der Waals surface area contributed by atoms with E-state index in [4.69, 9.17) is 0 Å². The summed E-state index contributed by atoms with van der Waals surface area (Å²) in [5.41, 5.74) is 1.73. The minimum absolute atomic E-state index is 0. The zero-order valence-corrected chi connectivity index (χ0v) is 23.9. The Labute approximate surface area is 219 Å². The molecule has 6 rings (SSSR count). The van der Waals surface area contributed by atoms with Gasteiger partial charge in [-0.05, 0) is 27.7 Å². The molecule has 0 fully saturated rings. The number of thiophene rings is 2. The Kier molecular flexibility index (Phi) is 7.54. The summed E-state index contributed by atoms with van der Waals surface area (Å²) in [5, 5.41) is 7.71. The summed E-state index contributed by atoms with van der Waals surface area (Å²) in [6, 6.07) is -0.229. The van der Waals surface area contributed by atoms with Gasteiger partial charge in [0.25, 0.3) is 0 Å². The quantitative estimate of drug-likeness (QED) is 0.285. The van der Waals surface area contributed by atoms with Crippen molar-refractivity contribution < 1.29 is 30.7 Å². The van der Waals surface area contributed by atoms with Gasteiger partial charge in [0.05, 0.1) is 22.1 Å². The molecule has 0 aromatic carbocycles. The molecule has 0 saturated carbocycles. The van der Waals surface area contributed by atoms with Crippen LogP contribution < -0.4 is 20.4 Å². The van der Waals surface area contributed by atoms with E-state index >= 15 is 0 Å². The molecule has 0 unspecified atom stereocenters. The van der Waals surface area contributed by atoms with E-state index in [1.54, 1.807) is 32.5 Å². The van der Waals surface area contributed by atoms with Crippen LogP contribution in [0.4, 0.5) is 32.6 Å². The fraction of sp³-hybridized carbons (Fsp3) is 0.286. The number of anilines is 4. The predicted octanol–water partition coefficient (Wildman–Crippen LogP) is 5.19. The van der Waals surface area contributed by atoms with Gasteiger partial charge in [-0.25, -0.2) is 29.5 Å². The summed E-state index contributed by atoms with van der Waals surface area (Å²) < 4.78 is 0. The van der Waals surface area contributed by atoms with E-state index in [2.05, 4.69) is 30.6 Å². The molecule has 0 spiro atoms. The van der Waals surface area contributed by atoms with Crippen molar-refractivity contribution in [2.75, 3.05) is 33.5 Å². The maximum Gasteiger partial charge on any atom is 0.327 e. The summed E-state index contributed by atoms with van der Waals surface area (Å²) in [6.45, 7) is 9.02. The van der Waals surface area contributed by atoms with Crippen LogP contribution in [0.1, 0.15) is 23.6 Å². The monoisotopic (exact) mass is 667 g/mol. The normalized spacial score (nSPS) is 13.5. The molecule has 2 aliphatic heterocycles. The molecule has 4 aromatic heterocycles. The van der Waals surface area contributed by atoms with E-state index in [1.165, 1.54) is 12.7 Å². The topological polar surface area (TPSA) is 116 Å². The molecule has 10 nitrogen and oxygen atoms in total. The van der Waals surface area contributed by atoms with Crippen molar-refractivity contribution in [1.82, 2.24) is 19.9 Å². The number of amides is 4. The Balaban J connectivity index is 0.000000180. The van der Waals surface area contributed by atoms with Crippen LogP contribution in [0.5, 0.6) is 0 Å². The Morgan fingerprint density at radius 1 is 0.765 bits per heavy atom. The standard InChI is InChI=1S/2C10H10N4OS.CH3.W/c2*1-3-14-8-6-7(13-10(14)15)5(2)16-9(6)12-4-11-8;;/h2*4H,3H2,1-2H3,(H,13,15);1H3;/q;;-1;. The minimum Gasteiger partial charge on any atom is -0.358 e. The van der Waals surface area contributed by atoms with E-state index in [-0.39, 0.29) is 40.6 Å². The van der Waals surface area contributed by atoms with Crippen molar-refractivity contribution in [1.29, 1.82) is 0 Å². The number of nitrogens with one attached hydrogen (secondary N) is 2. The number of aryl methyl sites for hydroxylation is 2. The number of carbonyl (C=O) groups is 2. The number of nitrogens with zero attached hydrogens (tertiary/aromatic N) is 6. The molecular weight excluding hydrogens is 644 g/mol. The second-order valence-corrected chi connectivity index (χ2v) is 9.58. The zero-order valence-electron chi connectivity index (χ0n) is 19.3. The van der Waals surface area contributed by atoms with Crippen LogP contribution in [0.25, 0.3) is 20.4 Å². The van der Waals surface area contributed by atoms with Gasteiger partial charge in [-0.2, -0.15) is 0 Å². The maximum atomic E-state index is 11.8. The van der Waals surface area contributed by atoms with Gasteiger partial charge in [-0.15, -0.1) is 22.7 Å². The molecule has 178 valence electrons. The zero-order chi connectivity index (χ0) is 22.6. The summed E-state index contributed by atoms with van der Waals surface area (Å²) in [5.74, 6) is 1.44. The van der Waals surface area contributed by atoms with Crippen molar-refractivity contribution in [3.63, 3.8) is 0 Å². The SMILES string of the molecule is CCN1C(=O)Nc2c(C)sc3ncnc1c23.CCN1C(=O)Nc2c(C)sc3ncnc1c23.[CH3-].[W]. The Hall–Kier alpha value is -2.69. The van der Waals surface area contributed by atoms with Crippen molar-refractivity contribution in [3.8, 4) is 0 Å². The molecular formula is C21H23N8O2S2W-. The summed E-state index contributed by atoms with van der Waals surface area (Å²) in [6.07, 6.45) is 3.03. The van der Waals surface area contributed by atoms with Crippen LogP contribution in [-0.2, 0) is 21.1 Å². The number of carbonyl (C=O) groups excluding carboxylic acids is 2. The second kappa shape index (κ2) is 9.89. The van der Waals surface area contributed by atoms with E-state index in [1.807, 2.05) is 27.7 Å². The van der Waals surface area contributed by atoms with E-state index in [0.29, 0.717) is 13.1 Å². The number of urea groups is 2. The number of hydrogen-bond donors (Lipinski definition) is 2. The molecule has 0 radical (unpaired) electrons. The molecule has 2 aliphatic rings. The second-order valence-electron chi connectivity index (χ2n) is 7.17. The molecule has 0 aliphatic carbocycles. The largest absolute Gasteiger partial charge is 0.358 e. The molecule has 0 bridgehead atoms. The fourth-order valence-electron chi connectivity index (χ4n) is 3.90. The van der Waals surface area contributed by atoms with Crippen molar-refractivity contribution in [2.24, 2.45) is 0 Å². The molecule has 0 saturated heterocycles. The molecule has 13 heteroatoms. The third-order valence-electron chi connectivity index (χ3n) is 5.39. The number of hydrogen-bond acceptors (Lipinski definition) is 8. The van der Waals surface area contributed by atoms with E-state index in [0.717, 1.165) is 53.2 Å². The smallest absolute Gasteiger partial charge is 0.327 e. The molecule has 4 aromatic rings. The van der Waals surface area contributed by atoms with Gasteiger partial charge < -0.3 is 18.1 Å². The predicted molar refractivity (Wildman–Crippen MR) is 135 cm³/mol. The first-order chi connectivity index (χ1) is 15.4. The summed E-state index contributed by atoms with van der Waals surface area (Å²) >= 11 is 3.16. The first-order valence-electron chi connectivity index (χ1n) is 10.1. The van der Waals surface area contributed by atoms with Crippen molar-refractivity contribution in [3.05, 3.63) is 29.8 Å². The number of rotatable bonds is 2. The average molecular weight is 667 g/mol. The maximum absolute atomic E-state index is 11.8. The Morgan fingerprint density at radius 3 is 1.50 bits per heavy atom. The number of aromatic nitrogens is 4. The van der Waals surface area contributed by atoms with Gasteiger partial charge in [0.15, 0.2) is 11.6 Å². The van der Waals surface area contributed by atoms with E-state index < -0.39 is 0 Å².